The predicted molar refractivity (Wildman–Crippen MR) is 94.5 cm³/mol. The number of nitro groups is 1. The minimum absolute atomic E-state index is 0.0214. The molecule has 7 nitrogen and oxygen atoms in total. The first-order chi connectivity index (χ1) is 11.0. The van der Waals surface area contributed by atoms with Gasteiger partial charge >= 0.3 is 0 Å². The van der Waals surface area contributed by atoms with Gasteiger partial charge in [-0.15, -0.1) is 0 Å². The van der Waals surface area contributed by atoms with Gasteiger partial charge in [0.25, 0.3) is 5.69 Å². The van der Waals surface area contributed by atoms with E-state index >= 15 is 0 Å². The first-order valence-electron chi connectivity index (χ1n) is 6.55. The van der Waals surface area contributed by atoms with Crippen molar-refractivity contribution in [3.05, 3.63) is 55.7 Å². The molecule has 0 spiro atoms. The number of para-hydroxylation sites is 2. The van der Waals surface area contributed by atoms with Crippen LogP contribution in [0.4, 0.5) is 17.1 Å². The van der Waals surface area contributed by atoms with Gasteiger partial charge in [0.15, 0.2) is 0 Å². The minimum atomic E-state index is -0.466. The number of hydrogen-bond donors (Lipinski definition) is 2. The Morgan fingerprint density at radius 1 is 1.26 bits per heavy atom. The first-order valence-corrected chi connectivity index (χ1v) is 8.14. The molecule has 0 radical (unpaired) electrons. The van der Waals surface area contributed by atoms with Crippen LogP contribution in [0.1, 0.15) is 6.42 Å². The Kier molecular flexibility index (Phi) is 6.05. The van der Waals surface area contributed by atoms with Crippen molar-refractivity contribution in [2.45, 2.75) is 6.42 Å². The van der Waals surface area contributed by atoms with E-state index < -0.39 is 4.92 Å². The molecule has 0 aliphatic carbocycles. The van der Waals surface area contributed by atoms with Crippen molar-refractivity contribution in [1.82, 2.24) is 4.98 Å². The number of amides is 1. The highest BCUT2D eigenvalue weighted by Crippen LogP contribution is 2.24. The van der Waals surface area contributed by atoms with Crippen molar-refractivity contribution in [2.24, 2.45) is 0 Å². The lowest BCUT2D eigenvalue weighted by atomic mass is 10.2. The second-order valence-corrected chi connectivity index (χ2v) is 6.16. The Morgan fingerprint density at radius 3 is 2.74 bits per heavy atom. The fourth-order valence-corrected chi connectivity index (χ4v) is 2.46. The number of nitro benzene ring substituents is 1. The van der Waals surface area contributed by atoms with Gasteiger partial charge < -0.3 is 10.6 Å². The smallest absolute Gasteiger partial charge is 0.292 e. The molecule has 1 amide bonds. The van der Waals surface area contributed by atoms with Crippen LogP contribution in [-0.2, 0) is 4.79 Å². The number of rotatable bonds is 6. The molecular formula is C14H12Br2N4O3. The SMILES string of the molecule is O=C(CCNc1ccccc1[N+](=O)[O-])Nc1cc(Br)cnc1Br. The van der Waals surface area contributed by atoms with Crippen molar-refractivity contribution in [2.75, 3.05) is 17.2 Å². The lowest BCUT2D eigenvalue weighted by molar-refractivity contribution is -0.384. The molecule has 0 saturated heterocycles. The van der Waals surface area contributed by atoms with E-state index in [0.717, 1.165) is 4.47 Å². The van der Waals surface area contributed by atoms with E-state index in [0.29, 0.717) is 16.0 Å². The molecule has 1 aromatic heterocycles. The van der Waals surface area contributed by atoms with Gasteiger partial charge in [-0.05, 0) is 44.0 Å². The lowest BCUT2D eigenvalue weighted by Crippen LogP contribution is -2.17. The summed E-state index contributed by atoms with van der Waals surface area (Å²) in [5.74, 6) is -0.225. The highest BCUT2D eigenvalue weighted by atomic mass is 79.9. The van der Waals surface area contributed by atoms with Crippen LogP contribution in [0.25, 0.3) is 0 Å². The monoisotopic (exact) mass is 442 g/mol. The van der Waals surface area contributed by atoms with E-state index in [1.807, 2.05) is 0 Å². The van der Waals surface area contributed by atoms with Crippen LogP contribution in [-0.4, -0.2) is 22.4 Å². The molecule has 120 valence electrons. The molecule has 0 atom stereocenters. The summed E-state index contributed by atoms with van der Waals surface area (Å²) in [6.07, 6.45) is 1.76. The fraction of sp³-hybridized carbons (Fsp3) is 0.143. The summed E-state index contributed by atoms with van der Waals surface area (Å²) in [5.41, 5.74) is 0.914. The van der Waals surface area contributed by atoms with Crippen LogP contribution >= 0.6 is 31.9 Å². The number of halogens is 2. The van der Waals surface area contributed by atoms with Crippen molar-refractivity contribution < 1.29 is 9.72 Å². The predicted octanol–water partition coefficient (Wildman–Crippen LogP) is 3.96. The van der Waals surface area contributed by atoms with Gasteiger partial charge in [0.1, 0.15) is 10.3 Å². The van der Waals surface area contributed by atoms with E-state index in [4.69, 9.17) is 0 Å². The van der Waals surface area contributed by atoms with Gasteiger partial charge in [-0.25, -0.2) is 4.98 Å². The molecule has 0 saturated carbocycles. The summed E-state index contributed by atoms with van der Waals surface area (Å²) < 4.78 is 1.27. The third kappa shape index (κ3) is 5.00. The number of carbonyl (C=O) groups is 1. The molecule has 0 fully saturated rings. The van der Waals surface area contributed by atoms with E-state index in [1.165, 1.54) is 6.07 Å². The molecule has 1 heterocycles. The standard InChI is InChI=1S/C14H12Br2N4O3/c15-9-7-11(14(16)18-8-9)19-13(21)5-6-17-10-3-1-2-4-12(10)20(22)23/h1-4,7-8,17H,5-6H2,(H,19,21). The third-order valence-electron chi connectivity index (χ3n) is 2.85. The summed E-state index contributed by atoms with van der Waals surface area (Å²) in [5, 5.41) is 16.5. The average Bonchev–Trinajstić information content (AvgIpc) is 2.51. The van der Waals surface area contributed by atoms with Gasteiger partial charge in [0.05, 0.1) is 10.6 Å². The van der Waals surface area contributed by atoms with Gasteiger partial charge in [-0.3, -0.25) is 14.9 Å². The van der Waals surface area contributed by atoms with Crippen LogP contribution in [0, 0.1) is 10.1 Å². The van der Waals surface area contributed by atoms with Crippen molar-refractivity contribution in [1.29, 1.82) is 0 Å². The molecule has 9 heteroatoms. The number of hydrogen-bond acceptors (Lipinski definition) is 5. The zero-order valence-electron chi connectivity index (χ0n) is 11.8. The molecule has 2 rings (SSSR count). The summed E-state index contributed by atoms with van der Waals surface area (Å²) in [4.78, 5) is 26.4. The van der Waals surface area contributed by atoms with Crippen molar-refractivity contribution in [3.63, 3.8) is 0 Å². The Bertz CT molecular complexity index is 740. The van der Waals surface area contributed by atoms with Gasteiger partial charge in [-0.1, -0.05) is 12.1 Å². The maximum atomic E-state index is 11.9. The molecule has 0 aliphatic heterocycles. The number of nitrogens with zero attached hydrogens (tertiary/aromatic N) is 2. The van der Waals surface area contributed by atoms with Gasteiger partial charge in [-0.2, -0.15) is 0 Å². The zero-order chi connectivity index (χ0) is 16.8. The van der Waals surface area contributed by atoms with E-state index in [-0.39, 0.29) is 24.6 Å². The van der Waals surface area contributed by atoms with E-state index in [9.17, 15) is 14.9 Å². The average molecular weight is 444 g/mol. The largest absolute Gasteiger partial charge is 0.379 e. The second kappa shape index (κ2) is 8.02. The van der Waals surface area contributed by atoms with Crippen LogP contribution in [0.2, 0.25) is 0 Å². The Labute approximate surface area is 148 Å². The first kappa shape index (κ1) is 17.4. The van der Waals surface area contributed by atoms with Gasteiger partial charge in [0, 0.05) is 29.7 Å². The number of carbonyl (C=O) groups excluding carboxylic acids is 1. The highest BCUT2D eigenvalue weighted by Gasteiger charge is 2.12. The van der Waals surface area contributed by atoms with E-state index in [2.05, 4.69) is 47.5 Å². The van der Waals surface area contributed by atoms with Crippen molar-refractivity contribution >= 4 is 54.8 Å². The van der Waals surface area contributed by atoms with E-state index in [1.54, 1.807) is 30.5 Å². The Morgan fingerprint density at radius 2 is 2.00 bits per heavy atom. The second-order valence-electron chi connectivity index (χ2n) is 4.49. The number of pyridine rings is 1. The van der Waals surface area contributed by atoms with Crippen LogP contribution < -0.4 is 10.6 Å². The molecule has 0 unspecified atom stereocenters. The summed E-state index contributed by atoms with van der Waals surface area (Å²) in [6.45, 7) is 0.274. The topological polar surface area (TPSA) is 97.2 Å². The quantitative estimate of drug-likeness (QED) is 0.400. The number of aromatic nitrogens is 1. The highest BCUT2D eigenvalue weighted by molar-refractivity contribution is 9.11. The van der Waals surface area contributed by atoms with Crippen LogP contribution in [0.15, 0.2) is 45.6 Å². The number of nitrogens with one attached hydrogen (secondary N) is 2. The molecule has 1 aromatic carbocycles. The zero-order valence-corrected chi connectivity index (χ0v) is 14.9. The fourth-order valence-electron chi connectivity index (χ4n) is 1.82. The van der Waals surface area contributed by atoms with Crippen LogP contribution in [0.3, 0.4) is 0 Å². The molecular weight excluding hydrogens is 432 g/mol. The molecule has 2 N–H and O–H groups in total. The number of anilines is 2. The normalized spacial score (nSPS) is 10.2. The molecule has 2 aromatic rings. The van der Waals surface area contributed by atoms with Crippen LogP contribution in [0.5, 0.6) is 0 Å². The maximum absolute atomic E-state index is 11.9. The number of benzene rings is 1. The molecule has 0 bridgehead atoms. The lowest BCUT2D eigenvalue weighted by Gasteiger charge is -2.09. The summed E-state index contributed by atoms with van der Waals surface area (Å²) in [6, 6.07) is 8.02. The maximum Gasteiger partial charge on any atom is 0.292 e. The Hall–Kier alpha value is -2.00. The summed E-state index contributed by atoms with van der Waals surface area (Å²) >= 11 is 6.53. The summed E-state index contributed by atoms with van der Waals surface area (Å²) in [7, 11) is 0. The minimum Gasteiger partial charge on any atom is -0.379 e. The molecule has 0 aliphatic rings. The van der Waals surface area contributed by atoms with Gasteiger partial charge in [0.2, 0.25) is 5.91 Å². The van der Waals surface area contributed by atoms with Crippen molar-refractivity contribution in [3.8, 4) is 0 Å². The third-order valence-corrected chi connectivity index (χ3v) is 3.91. The Balaban J connectivity index is 1.90. The molecule has 23 heavy (non-hydrogen) atoms.